The van der Waals surface area contributed by atoms with Crippen LogP contribution in [0.15, 0.2) is 30.3 Å². The van der Waals surface area contributed by atoms with Crippen molar-refractivity contribution in [3.63, 3.8) is 0 Å². The van der Waals surface area contributed by atoms with Crippen molar-refractivity contribution < 1.29 is 4.79 Å². The highest BCUT2D eigenvalue weighted by molar-refractivity contribution is 5.80. The Morgan fingerprint density at radius 3 is 2.69 bits per heavy atom. The van der Waals surface area contributed by atoms with Crippen LogP contribution in [-0.2, 0) is 4.79 Å². The summed E-state index contributed by atoms with van der Waals surface area (Å²) in [6.07, 6.45) is 2.86. The first-order chi connectivity index (χ1) is 7.65. The maximum Gasteiger partial charge on any atom is 0.221 e. The number of nitrogens with one attached hydrogen (secondary N) is 1. The SMILES string of the molecule is CCCC1(C)CC(=O)NC1c1ccccc1. The topological polar surface area (TPSA) is 29.1 Å². The van der Waals surface area contributed by atoms with E-state index in [9.17, 15) is 4.79 Å². The van der Waals surface area contributed by atoms with Gasteiger partial charge < -0.3 is 5.32 Å². The molecule has 1 fully saturated rings. The molecule has 0 saturated carbocycles. The van der Waals surface area contributed by atoms with Gasteiger partial charge in [-0.05, 0) is 12.0 Å². The molecule has 1 amide bonds. The first-order valence-corrected chi connectivity index (χ1v) is 6.00. The van der Waals surface area contributed by atoms with E-state index in [1.165, 1.54) is 5.56 Å². The monoisotopic (exact) mass is 217 g/mol. The average molecular weight is 217 g/mol. The minimum Gasteiger partial charge on any atom is -0.349 e. The zero-order chi connectivity index (χ0) is 11.6. The number of benzene rings is 1. The Hall–Kier alpha value is -1.31. The maximum atomic E-state index is 11.6. The van der Waals surface area contributed by atoms with Gasteiger partial charge in [-0.15, -0.1) is 0 Å². The Labute approximate surface area is 97.1 Å². The summed E-state index contributed by atoms with van der Waals surface area (Å²) >= 11 is 0. The smallest absolute Gasteiger partial charge is 0.221 e. The normalized spacial score (nSPS) is 29.1. The van der Waals surface area contributed by atoms with Gasteiger partial charge in [0.15, 0.2) is 0 Å². The summed E-state index contributed by atoms with van der Waals surface area (Å²) in [7, 11) is 0. The highest BCUT2D eigenvalue weighted by Crippen LogP contribution is 2.44. The molecule has 86 valence electrons. The number of hydrogen-bond donors (Lipinski definition) is 1. The van der Waals surface area contributed by atoms with E-state index < -0.39 is 0 Å². The average Bonchev–Trinajstić information content (AvgIpc) is 2.56. The van der Waals surface area contributed by atoms with Crippen LogP contribution in [0.1, 0.15) is 44.7 Å². The lowest BCUT2D eigenvalue weighted by Gasteiger charge is -2.30. The van der Waals surface area contributed by atoms with Gasteiger partial charge in [0.25, 0.3) is 0 Å². The van der Waals surface area contributed by atoms with Gasteiger partial charge in [-0.2, -0.15) is 0 Å². The summed E-state index contributed by atoms with van der Waals surface area (Å²) < 4.78 is 0. The maximum absolute atomic E-state index is 11.6. The molecule has 16 heavy (non-hydrogen) atoms. The van der Waals surface area contributed by atoms with Crippen LogP contribution in [0, 0.1) is 5.41 Å². The third-order valence-corrected chi connectivity index (χ3v) is 3.52. The number of amides is 1. The molecule has 1 aliphatic heterocycles. The summed E-state index contributed by atoms with van der Waals surface area (Å²) in [6, 6.07) is 10.5. The minimum atomic E-state index is 0.0766. The predicted octanol–water partition coefficient (Wildman–Crippen LogP) is 3.05. The molecule has 2 unspecified atom stereocenters. The molecule has 0 aromatic heterocycles. The van der Waals surface area contributed by atoms with Crippen molar-refractivity contribution >= 4 is 5.91 Å². The zero-order valence-corrected chi connectivity index (χ0v) is 9.99. The van der Waals surface area contributed by atoms with Gasteiger partial charge in [0, 0.05) is 11.8 Å². The molecule has 1 aromatic carbocycles. The molecular formula is C14H19NO. The third-order valence-electron chi connectivity index (χ3n) is 3.52. The fraction of sp³-hybridized carbons (Fsp3) is 0.500. The zero-order valence-electron chi connectivity index (χ0n) is 9.99. The van der Waals surface area contributed by atoms with E-state index in [-0.39, 0.29) is 17.4 Å². The van der Waals surface area contributed by atoms with Crippen LogP contribution in [-0.4, -0.2) is 5.91 Å². The van der Waals surface area contributed by atoms with Crippen LogP contribution in [0.2, 0.25) is 0 Å². The van der Waals surface area contributed by atoms with Crippen molar-refractivity contribution in [3.05, 3.63) is 35.9 Å². The molecule has 0 radical (unpaired) electrons. The third kappa shape index (κ3) is 1.97. The lowest BCUT2D eigenvalue weighted by molar-refractivity contribution is -0.119. The van der Waals surface area contributed by atoms with Crippen molar-refractivity contribution in [2.45, 2.75) is 39.2 Å². The van der Waals surface area contributed by atoms with E-state index in [1.54, 1.807) is 0 Å². The summed E-state index contributed by atoms with van der Waals surface area (Å²) in [5.74, 6) is 0.185. The Balaban J connectivity index is 2.29. The molecular weight excluding hydrogens is 198 g/mol. The van der Waals surface area contributed by atoms with Crippen LogP contribution < -0.4 is 5.32 Å². The first kappa shape index (κ1) is 11.2. The minimum absolute atomic E-state index is 0.0766. The summed E-state index contributed by atoms with van der Waals surface area (Å²) in [5.41, 5.74) is 1.30. The summed E-state index contributed by atoms with van der Waals surface area (Å²) in [6.45, 7) is 4.39. The van der Waals surface area contributed by atoms with Gasteiger partial charge in [-0.25, -0.2) is 0 Å². The van der Waals surface area contributed by atoms with Crippen molar-refractivity contribution in [1.82, 2.24) is 5.32 Å². The van der Waals surface area contributed by atoms with E-state index >= 15 is 0 Å². The molecule has 1 aromatic rings. The molecule has 1 aliphatic rings. The van der Waals surface area contributed by atoms with E-state index in [1.807, 2.05) is 18.2 Å². The Kier molecular flexibility index (Phi) is 2.99. The highest BCUT2D eigenvalue weighted by atomic mass is 16.2. The van der Waals surface area contributed by atoms with E-state index in [0.29, 0.717) is 6.42 Å². The molecule has 2 atom stereocenters. The number of carbonyl (C=O) groups excluding carboxylic acids is 1. The second-order valence-corrected chi connectivity index (χ2v) is 4.99. The molecule has 1 heterocycles. The van der Waals surface area contributed by atoms with Crippen LogP contribution >= 0.6 is 0 Å². The quantitative estimate of drug-likeness (QED) is 0.828. The van der Waals surface area contributed by atoms with Crippen LogP contribution in [0.3, 0.4) is 0 Å². The van der Waals surface area contributed by atoms with Crippen LogP contribution in [0.5, 0.6) is 0 Å². The van der Waals surface area contributed by atoms with Crippen molar-refractivity contribution in [2.24, 2.45) is 5.41 Å². The standard InChI is InChI=1S/C14H19NO/c1-3-9-14(2)10-12(16)15-13(14)11-7-5-4-6-8-11/h4-8,13H,3,9-10H2,1-2H3,(H,15,16). The molecule has 0 aliphatic carbocycles. The lowest BCUT2D eigenvalue weighted by Crippen LogP contribution is -2.26. The van der Waals surface area contributed by atoms with E-state index in [4.69, 9.17) is 0 Å². The Morgan fingerprint density at radius 2 is 2.06 bits per heavy atom. The van der Waals surface area contributed by atoms with E-state index in [2.05, 4.69) is 31.3 Å². The van der Waals surface area contributed by atoms with Gasteiger partial charge in [-0.1, -0.05) is 50.6 Å². The number of hydrogen-bond acceptors (Lipinski definition) is 1. The van der Waals surface area contributed by atoms with Gasteiger partial charge in [0.1, 0.15) is 0 Å². The first-order valence-electron chi connectivity index (χ1n) is 6.00. The predicted molar refractivity (Wildman–Crippen MR) is 65.0 cm³/mol. The molecule has 2 heteroatoms. The Bertz CT molecular complexity index is 374. The molecule has 0 spiro atoms. The lowest BCUT2D eigenvalue weighted by atomic mass is 9.76. The largest absolute Gasteiger partial charge is 0.349 e. The molecule has 2 nitrogen and oxygen atoms in total. The van der Waals surface area contributed by atoms with Gasteiger partial charge in [0.05, 0.1) is 6.04 Å². The Morgan fingerprint density at radius 1 is 1.38 bits per heavy atom. The second-order valence-electron chi connectivity index (χ2n) is 4.99. The molecule has 0 bridgehead atoms. The summed E-state index contributed by atoms with van der Waals surface area (Å²) in [4.78, 5) is 11.6. The van der Waals surface area contributed by atoms with Crippen LogP contribution in [0.25, 0.3) is 0 Å². The van der Waals surface area contributed by atoms with Crippen molar-refractivity contribution in [3.8, 4) is 0 Å². The molecule has 2 rings (SSSR count). The fourth-order valence-corrected chi connectivity index (χ4v) is 2.79. The number of carbonyl (C=O) groups is 1. The number of rotatable bonds is 3. The van der Waals surface area contributed by atoms with Gasteiger partial charge in [0.2, 0.25) is 5.91 Å². The molecule has 1 N–H and O–H groups in total. The second kappa shape index (κ2) is 4.28. The van der Waals surface area contributed by atoms with Crippen molar-refractivity contribution in [1.29, 1.82) is 0 Å². The summed E-state index contributed by atoms with van der Waals surface area (Å²) in [5, 5.41) is 3.11. The van der Waals surface area contributed by atoms with Crippen LogP contribution in [0.4, 0.5) is 0 Å². The highest BCUT2D eigenvalue weighted by Gasteiger charge is 2.42. The van der Waals surface area contributed by atoms with Gasteiger partial charge in [-0.3, -0.25) is 4.79 Å². The fourth-order valence-electron chi connectivity index (χ4n) is 2.79. The molecule has 1 saturated heterocycles. The van der Waals surface area contributed by atoms with Gasteiger partial charge >= 0.3 is 0 Å². The van der Waals surface area contributed by atoms with Crippen molar-refractivity contribution in [2.75, 3.05) is 0 Å². The van der Waals surface area contributed by atoms with E-state index in [0.717, 1.165) is 12.8 Å².